The average Bonchev–Trinajstić information content (AvgIpc) is 2.98. The molecular weight excluding hydrogens is 250 g/mol. The predicted octanol–water partition coefficient (Wildman–Crippen LogP) is 4.06. The van der Waals surface area contributed by atoms with E-state index in [2.05, 4.69) is 55.2 Å². The molecule has 0 aliphatic carbocycles. The molecule has 106 valence electrons. The molecule has 0 radical (unpaired) electrons. The van der Waals surface area contributed by atoms with Crippen molar-refractivity contribution in [3.05, 3.63) is 35.4 Å². The van der Waals surface area contributed by atoms with Crippen molar-refractivity contribution in [3.63, 3.8) is 0 Å². The summed E-state index contributed by atoms with van der Waals surface area (Å²) in [5.41, 5.74) is 2.93. The molecular formula is C17H27NS. The van der Waals surface area contributed by atoms with Crippen molar-refractivity contribution in [2.45, 2.75) is 57.2 Å². The third-order valence-corrected chi connectivity index (χ3v) is 5.47. The van der Waals surface area contributed by atoms with Gasteiger partial charge in [0.25, 0.3) is 0 Å². The van der Waals surface area contributed by atoms with E-state index in [1.54, 1.807) is 0 Å². The third kappa shape index (κ3) is 4.54. The van der Waals surface area contributed by atoms with E-state index in [4.69, 9.17) is 0 Å². The molecule has 1 nitrogen and oxygen atoms in total. The zero-order chi connectivity index (χ0) is 13.5. The summed E-state index contributed by atoms with van der Waals surface area (Å²) in [5, 5.41) is 4.58. The second kappa shape index (κ2) is 7.96. The van der Waals surface area contributed by atoms with Crippen molar-refractivity contribution in [1.29, 1.82) is 0 Å². The maximum atomic E-state index is 3.77. The SMILES string of the molecule is CCCNC(Cc1ccc(CC)cc1)C1CCCS1. The van der Waals surface area contributed by atoms with Gasteiger partial charge in [-0.05, 0) is 55.5 Å². The van der Waals surface area contributed by atoms with Gasteiger partial charge in [0.15, 0.2) is 0 Å². The first-order valence-electron chi connectivity index (χ1n) is 7.76. The molecule has 1 aliphatic rings. The van der Waals surface area contributed by atoms with E-state index in [0.29, 0.717) is 6.04 Å². The molecule has 2 unspecified atom stereocenters. The number of hydrogen-bond donors (Lipinski definition) is 1. The number of hydrogen-bond acceptors (Lipinski definition) is 2. The molecule has 0 amide bonds. The molecule has 19 heavy (non-hydrogen) atoms. The summed E-state index contributed by atoms with van der Waals surface area (Å²) in [6.45, 7) is 5.62. The van der Waals surface area contributed by atoms with Crippen LogP contribution in [0.1, 0.15) is 44.2 Å². The lowest BCUT2D eigenvalue weighted by molar-refractivity contribution is 0.482. The minimum absolute atomic E-state index is 0.653. The Kier molecular flexibility index (Phi) is 6.25. The van der Waals surface area contributed by atoms with Crippen LogP contribution in [-0.2, 0) is 12.8 Å². The van der Waals surface area contributed by atoms with Crippen molar-refractivity contribution >= 4 is 11.8 Å². The Morgan fingerprint density at radius 3 is 2.53 bits per heavy atom. The third-order valence-electron chi connectivity index (χ3n) is 3.96. The van der Waals surface area contributed by atoms with Gasteiger partial charge in [-0.25, -0.2) is 0 Å². The van der Waals surface area contributed by atoms with Gasteiger partial charge in [-0.15, -0.1) is 0 Å². The Bertz CT molecular complexity index is 354. The van der Waals surface area contributed by atoms with Crippen LogP contribution in [0.5, 0.6) is 0 Å². The van der Waals surface area contributed by atoms with Gasteiger partial charge < -0.3 is 5.32 Å². The fraction of sp³-hybridized carbons (Fsp3) is 0.647. The van der Waals surface area contributed by atoms with Crippen LogP contribution in [-0.4, -0.2) is 23.6 Å². The molecule has 0 spiro atoms. The quantitative estimate of drug-likeness (QED) is 0.807. The lowest BCUT2D eigenvalue weighted by Crippen LogP contribution is -2.39. The van der Waals surface area contributed by atoms with Crippen LogP contribution in [0.15, 0.2) is 24.3 Å². The number of thioether (sulfide) groups is 1. The minimum atomic E-state index is 0.653. The standard InChI is InChI=1S/C17H27NS/c1-3-11-18-16(17-6-5-12-19-17)13-15-9-7-14(4-2)8-10-15/h7-10,16-18H,3-6,11-13H2,1-2H3. The van der Waals surface area contributed by atoms with E-state index in [0.717, 1.165) is 18.2 Å². The Hall–Kier alpha value is -0.470. The van der Waals surface area contributed by atoms with Gasteiger partial charge in [-0.3, -0.25) is 0 Å². The first-order chi connectivity index (χ1) is 9.33. The highest BCUT2D eigenvalue weighted by molar-refractivity contribution is 8.00. The Morgan fingerprint density at radius 1 is 1.21 bits per heavy atom. The zero-order valence-electron chi connectivity index (χ0n) is 12.3. The summed E-state index contributed by atoms with van der Waals surface area (Å²) in [7, 11) is 0. The molecule has 1 heterocycles. The number of rotatable bonds is 7. The smallest absolute Gasteiger partial charge is 0.0226 e. The van der Waals surface area contributed by atoms with Gasteiger partial charge in [0.05, 0.1) is 0 Å². The van der Waals surface area contributed by atoms with Crippen molar-refractivity contribution < 1.29 is 0 Å². The molecule has 1 fully saturated rings. The number of nitrogens with one attached hydrogen (secondary N) is 1. The van der Waals surface area contributed by atoms with Crippen molar-refractivity contribution in [3.8, 4) is 0 Å². The lowest BCUT2D eigenvalue weighted by atomic mass is 9.99. The normalized spacial score (nSPS) is 20.6. The maximum Gasteiger partial charge on any atom is 0.0226 e. The Morgan fingerprint density at radius 2 is 1.95 bits per heavy atom. The fourth-order valence-corrected chi connectivity index (χ4v) is 4.14. The fourth-order valence-electron chi connectivity index (χ4n) is 2.75. The largest absolute Gasteiger partial charge is 0.313 e. The van der Waals surface area contributed by atoms with Gasteiger partial charge in [0.2, 0.25) is 0 Å². The summed E-state index contributed by atoms with van der Waals surface area (Å²) in [6, 6.07) is 9.86. The van der Waals surface area contributed by atoms with Crippen LogP contribution in [0.4, 0.5) is 0 Å². The monoisotopic (exact) mass is 277 g/mol. The highest BCUT2D eigenvalue weighted by atomic mass is 32.2. The summed E-state index contributed by atoms with van der Waals surface area (Å²) < 4.78 is 0. The molecule has 1 aliphatic heterocycles. The predicted molar refractivity (Wildman–Crippen MR) is 87.1 cm³/mol. The molecule has 0 aromatic heterocycles. The van der Waals surface area contributed by atoms with Gasteiger partial charge in [-0.2, -0.15) is 11.8 Å². The molecule has 2 atom stereocenters. The van der Waals surface area contributed by atoms with Crippen LogP contribution in [0, 0.1) is 0 Å². The molecule has 1 saturated heterocycles. The van der Waals surface area contributed by atoms with Gasteiger partial charge in [0, 0.05) is 11.3 Å². The Balaban J connectivity index is 1.96. The van der Waals surface area contributed by atoms with Crippen molar-refractivity contribution in [1.82, 2.24) is 5.32 Å². The van der Waals surface area contributed by atoms with Gasteiger partial charge >= 0.3 is 0 Å². The van der Waals surface area contributed by atoms with Gasteiger partial charge in [-0.1, -0.05) is 38.1 Å². The topological polar surface area (TPSA) is 12.0 Å². The average molecular weight is 277 g/mol. The van der Waals surface area contributed by atoms with E-state index in [1.165, 1.54) is 42.6 Å². The van der Waals surface area contributed by atoms with Crippen molar-refractivity contribution in [2.75, 3.05) is 12.3 Å². The number of aryl methyl sites for hydroxylation is 1. The highest BCUT2D eigenvalue weighted by Gasteiger charge is 2.25. The van der Waals surface area contributed by atoms with E-state index in [-0.39, 0.29) is 0 Å². The summed E-state index contributed by atoms with van der Waals surface area (Å²) in [6.07, 6.45) is 6.33. The zero-order valence-corrected chi connectivity index (χ0v) is 13.1. The molecule has 0 saturated carbocycles. The van der Waals surface area contributed by atoms with Crippen LogP contribution in [0.25, 0.3) is 0 Å². The summed E-state index contributed by atoms with van der Waals surface area (Å²) in [4.78, 5) is 0. The van der Waals surface area contributed by atoms with Gasteiger partial charge in [0.1, 0.15) is 0 Å². The lowest BCUT2D eigenvalue weighted by Gasteiger charge is -2.24. The summed E-state index contributed by atoms with van der Waals surface area (Å²) >= 11 is 2.17. The molecule has 2 heteroatoms. The molecule has 2 rings (SSSR count). The minimum Gasteiger partial charge on any atom is -0.313 e. The first kappa shape index (κ1) is 14.9. The second-order valence-electron chi connectivity index (χ2n) is 5.49. The molecule has 1 N–H and O–H groups in total. The van der Waals surface area contributed by atoms with E-state index in [9.17, 15) is 0 Å². The van der Waals surface area contributed by atoms with Crippen molar-refractivity contribution in [2.24, 2.45) is 0 Å². The van der Waals surface area contributed by atoms with E-state index >= 15 is 0 Å². The Labute approximate surface area is 122 Å². The highest BCUT2D eigenvalue weighted by Crippen LogP contribution is 2.30. The first-order valence-corrected chi connectivity index (χ1v) is 8.81. The number of benzene rings is 1. The van der Waals surface area contributed by atoms with Crippen LogP contribution in [0.3, 0.4) is 0 Å². The molecule has 1 aromatic rings. The van der Waals surface area contributed by atoms with Crippen LogP contribution >= 0.6 is 11.8 Å². The van der Waals surface area contributed by atoms with Crippen LogP contribution < -0.4 is 5.32 Å². The van der Waals surface area contributed by atoms with E-state index < -0.39 is 0 Å². The molecule has 0 bridgehead atoms. The summed E-state index contributed by atoms with van der Waals surface area (Å²) in [5.74, 6) is 1.35. The second-order valence-corrected chi connectivity index (χ2v) is 6.83. The molecule has 1 aromatic carbocycles. The van der Waals surface area contributed by atoms with Crippen LogP contribution in [0.2, 0.25) is 0 Å². The maximum absolute atomic E-state index is 3.77. The van der Waals surface area contributed by atoms with E-state index in [1.807, 2.05) is 0 Å².